The van der Waals surface area contributed by atoms with Crippen LogP contribution in [-0.2, 0) is 17.7 Å². The molecule has 0 saturated carbocycles. The third kappa shape index (κ3) is 7.15. The Morgan fingerprint density at radius 1 is 1.16 bits per heavy atom. The van der Waals surface area contributed by atoms with E-state index in [1.165, 1.54) is 0 Å². The van der Waals surface area contributed by atoms with Crippen molar-refractivity contribution in [2.45, 2.75) is 44.7 Å². The van der Waals surface area contributed by atoms with E-state index in [2.05, 4.69) is 34.9 Å². The Balaban J connectivity index is 1.62. The summed E-state index contributed by atoms with van der Waals surface area (Å²) in [5.74, 6) is -0.269. The molecule has 0 bridgehead atoms. The van der Waals surface area contributed by atoms with Gasteiger partial charge in [-0.2, -0.15) is 0 Å². The summed E-state index contributed by atoms with van der Waals surface area (Å²) < 4.78 is 5.57. The van der Waals surface area contributed by atoms with E-state index in [-0.39, 0.29) is 18.6 Å². The average molecular weight is 452 g/mol. The van der Waals surface area contributed by atoms with Crippen LogP contribution in [0.2, 0.25) is 25.7 Å². The summed E-state index contributed by atoms with van der Waals surface area (Å²) in [5.41, 5.74) is 4.53. The molecule has 3 aromatic rings. The quantitative estimate of drug-likeness (QED) is 0.299. The fraction of sp³-hybridized carbons (Fsp3) is 0.360. The average Bonchev–Trinajstić information content (AvgIpc) is 3.29. The largest absolute Gasteiger partial charge is 0.462 e. The molecule has 0 spiro atoms. The molecule has 1 aromatic heterocycles. The molecule has 0 aliphatic carbocycles. The van der Waals surface area contributed by atoms with Crippen molar-refractivity contribution in [1.82, 2.24) is 15.3 Å². The van der Waals surface area contributed by atoms with E-state index in [0.29, 0.717) is 25.1 Å². The minimum Gasteiger partial charge on any atom is -0.462 e. The van der Waals surface area contributed by atoms with Gasteiger partial charge in [0, 0.05) is 39.0 Å². The van der Waals surface area contributed by atoms with Crippen molar-refractivity contribution in [3.05, 3.63) is 77.9 Å². The van der Waals surface area contributed by atoms with Crippen molar-refractivity contribution in [1.29, 1.82) is 0 Å². The Bertz CT molecular complexity index is 982. The van der Waals surface area contributed by atoms with Crippen molar-refractivity contribution < 1.29 is 14.6 Å². The van der Waals surface area contributed by atoms with Crippen LogP contribution in [0.1, 0.15) is 21.6 Å². The van der Waals surface area contributed by atoms with Crippen LogP contribution in [0.3, 0.4) is 0 Å². The highest BCUT2D eigenvalue weighted by molar-refractivity contribution is 6.76. The number of ether oxygens (including phenoxy) is 1. The van der Waals surface area contributed by atoms with E-state index in [4.69, 9.17) is 4.74 Å². The molecular weight excluding hydrogens is 418 g/mol. The lowest BCUT2D eigenvalue weighted by atomic mass is 9.98. The normalized spacial score (nSPS) is 12.5. The lowest BCUT2D eigenvalue weighted by Crippen LogP contribution is -2.34. The number of aliphatic hydroxyl groups is 1. The molecule has 32 heavy (non-hydrogen) atoms. The van der Waals surface area contributed by atoms with Crippen LogP contribution in [0.5, 0.6) is 0 Å². The standard InChI is InChI=1S/C25H33N3O3Si/c1-32(2,3)13-12-31-25(30)24-7-5-4-6-23(24)20-10-8-19(9-11-20)15-27-22(17-29)14-21-16-26-18-28-21/h4-11,16,18,22,27,29H,12-15,17H2,1-3H3,(H,26,28)/t22-/m0/s1. The number of esters is 1. The topological polar surface area (TPSA) is 87.2 Å². The number of hydrogen-bond acceptors (Lipinski definition) is 5. The van der Waals surface area contributed by atoms with Gasteiger partial charge < -0.3 is 20.1 Å². The predicted octanol–water partition coefficient (Wildman–Crippen LogP) is 4.26. The first-order valence-corrected chi connectivity index (χ1v) is 14.7. The first kappa shape index (κ1) is 23.9. The van der Waals surface area contributed by atoms with Crippen molar-refractivity contribution in [2.75, 3.05) is 13.2 Å². The molecule has 3 rings (SSSR count). The van der Waals surface area contributed by atoms with E-state index in [1.807, 2.05) is 48.5 Å². The summed E-state index contributed by atoms with van der Waals surface area (Å²) in [6.45, 7) is 7.96. The van der Waals surface area contributed by atoms with E-state index in [0.717, 1.165) is 28.4 Å². The number of aromatic amines is 1. The monoisotopic (exact) mass is 451 g/mol. The molecule has 0 saturated heterocycles. The Labute approximate surface area is 191 Å². The van der Waals surface area contributed by atoms with Crippen LogP contribution in [-0.4, -0.2) is 48.4 Å². The lowest BCUT2D eigenvalue weighted by molar-refractivity contribution is 0.0526. The molecule has 6 nitrogen and oxygen atoms in total. The minimum absolute atomic E-state index is 0.0459. The Kier molecular flexibility index (Phi) is 8.38. The highest BCUT2D eigenvalue weighted by atomic mass is 28.3. The summed E-state index contributed by atoms with van der Waals surface area (Å²) >= 11 is 0. The highest BCUT2D eigenvalue weighted by Crippen LogP contribution is 2.25. The fourth-order valence-electron chi connectivity index (χ4n) is 3.37. The molecule has 3 N–H and O–H groups in total. The summed E-state index contributed by atoms with van der Waals surface area (Å²) in [6.07, 6.45) is 4.09. The number of H-pyrrole nitrogens is 1. The highest BCUT2D eigenvalue weighted by Gasteiger charge is 2.17. The zero-order chi connectivity index (χ0) is 23.0. The van der Waals surface area contributed by atoms with Gasteiger partial charge in [-0.15, -0.1) is 0 Å². The molecule has 0 fully saturated rings. The van der Waals surface area contributed by atoms with Crippen LogP contribution >= 0.6 is 0 Å². The number of nitrogens with one attached hydrogen (secondary N) is 2. The third-order valence-corrected chi connectivity index (χ3v) is 7.04. The number of hydrogen-bond donors (Lipinski definition) is 3. The van der Waals surface area contributed by atoms with Crippen LogP contribution in [0, 0.1) is 0 Å². The van der Waals surface area contributed by atoms with E-state index in [9.17, 15) is 9.90 Å². The number of carbonyl (C=O) groups excluding carboxylic acids is 1. The Morgan fingerprint density at radius 2 is 1.91 bits per heavy atom. The van der Waals surface area contributed by atoms with Crippen molar-refractivity contribution in [2.24, 2.45) is 0 Å². The molecule has 0 aliphatic rings. The summed E-state index contributed by atoms with van der Waals surface area (Å²) in [7, 11) is -1.25. The number of benzene rings is 2. The smallest absolute Gasteiger partial charge is 0.338 e. The second-order valence-corrected chi connectivity index (χ2v) is 14.9. The van der Waals surface area contributed by atoms with Gasteiger partial charge in [-0.25, -0.2) is 9.78 Å². The summed E-state index contributed by atoms with van der Waals surface area (Å²) in [4.78, 5) is 19.8. The van der Waals surface area contributed by atoms with Crippen LogP contribution in [0.25, 0.3) is 11.1 Å². The van der Waals surface area contributed by atoms with Crippen LogP contribution < -0.4 is 5.32 Å². The van der Waals surface area contributed by atoms with Crippen LogP contribution in [0.4, 0.5) is 0 Å². The zero-order valence-corrected chi connectivity index (χ0v) is 20.1. The minimum atomic E-state index is -1.25. The number of aliphatic hydroxyl groups excluding tert-OH is 1. The van der Waals surface area contributed by atoms with Crippen molar-refractivity contribution in [3.8, 4) is 11.1 Å². The van der Waals surface area contributed by atoms with Gasteiger partial charge in [0.25, 0.3) is 0 Å². The maximum atomic E-state index is 12.7. The number of aromatic nitrogens is 2. The maximum absolute atomic E-state index is 12.7. The van der Waals surface area contributed by atoms with Crippen molar-refractivity contribution >= 4 is 14.0 Å². The number of rotatable bonds is 11. The fourth-order valence-corrected chi connectivity index (χ4v) is 4.08. The number of nitrogens with zero attached hydrogens (tertiary/aromatic N) is 1. The molecule has 0 unspecified atom stereocenters. The van der Waals surface area contributed by atoms with Crippen LogP contribution in [0.15, 0.2) is 61.1 Å². The Hall–Kier alpha value is -2.74. The molecule has 0 amide bonds. The second kappa shape index (κ2) is 11.2. The molecule has 0 aliphatic heterocycles. The summed E-state index contributed by atoms with van der Waals surface area (Å²) in [6, 6.07) is 16.6. The van der Waals surface area contributed by atoms with Gasteiger partial charge in [0.15, 0.2) is 0 Å². The molecule has 7 heteroatoms. The van der Waals surface area contributed by atoms with Gasteiger partial charge in [0.1, 0.15) is 0 Å². The zero-order valence-electron chi connectivity index (χ0n) is 19.1. The predicted molar refractivity (Wildman–Crippen MR) is 130 cm³/mol. The van der Waals surface area contributed by atoms with Gasteiger partial charge in [-0.1, -0.05) is 62.1 Å². The molecule has 2 aromatic carbocycles. The van der Waals surface area contributed by atoms with E-state index < -0.39 is 8.07 Å². The van der Waals surface area contributed by atoms with Gasteiger partial charge in [-0.05, 0) is 28.8 Å². The van der Waals surface area contributed by atoms with Gasteiger partial charge >= 0.3 is 5.97 Å². The third-order valence-electron chi connectivity index (χ3n) is 5.33. The molecule has 170 valence electrons. The second-order valence-electron chi connectivity index (χ2n) is 9.23. The Morgan fingerprint density at radius 3 is 2.56 bits per heavy atom. The first-order valence-electron chi connectivity index (χ1n) is 11.0. The van der Waals surface area contributed by atoms with E-state index >= 15 is 0 Å². The summed E-state index contributed by atoms with van der Waals surface area (Å²) in [5, 5.41) is 13.0. The molecule has 1 heterocycles. The molecule has 1 atom stereocenters. The lowest BCUT2D eigenvalue weighted by Gasteiger charge is -2.16. The molecule has 0 radical (unpaired) electrons. The molecular formula is C25H33N3O3Si. The van der Waals surface area contributed by atoms with E-state index in [1.54, 1.807) is 12.5 Å². The van der Waals surface area contributed by atoms with Gasteiger partial charge in [-0.3, -0.25) is 0 Å². The van der Waals surface area contributed by atoms with Gasteiger partial charge in [0.05, 0.1) is 25.1 Å². The SMILES string of the molecule is C[Si](C)(C)CCOC(=O)c1ccccc1-c1ccc(CN[C@H](CO)Cc2cnc[nH]2)cc1. The first-order chi connectivity index (χ1) is 15.4. The number of carbonyl (C=O) groups is 1. The van der Waals surface area contributed by atoms with Crippen molar-refractivity contribution in [3.63, 3.8) is 0 Å². The van der Waals surface area contributed by atoms with Gasteiger partial charge in [0.2, 0.25) is 0 Å². The number of imidazole rings is 1. The maximum Gasteiger partial charge on any atom is 0.338 e.